The van der Waals surface area contributed by atoms with Crippen molar-refractivity contribution in [2.75, 3.05) is 0 Å². The number of hydrogen-bond donors (Lipinski definition) is 1. The maximum absolute atomic E-state index is 12.4. The van der Waals surface area contributed by atoms with Crippen molar-refractivity contribution in [2.24, 2.45) is 11.3 Å². The van der Waals surface area contributed by atoms with E-state index >= 15 is 0 Å². The molecule has 0 aliphatic heterocycles. The van der Waals surface area contributed by atoms with Crippen molar-refractivity contribution in [3.63, 3.8) is 0 Å². The molecule has 1 aromatic carbocycles. The van der Waals surface area contributed by atoms with Crippen LogP contribution in [0.5, 0.6) is 0 Å². The minimum absolute atomic E-state index is 0.00730. The highest BCUT2D eigenvalue weighted by molar-refractivity contribution is 5.77. The Morgan fingerprint density at radius 2 is 1.88 bits per heavy atom. The predicted molar refractivity (Wildman–Crippen MR) is 98.9 cm³/mol. The van der Waals surface area contributed by atoms with Crippen LogP contribution < -0.4 is 5.32 Å². The Labute approximate surface area is 150 Å². The molecule has 5 nitrogen and oxygen atoms in total. The van der Waals surface area contributed by atoms with Crippen molar-refractivity contribution in [1.29, 1.82) is 0 Å². The van der Waals surface area contributed by atoms with E-state index in [0.717, 1.165) is 12.0 Å². The lowest BCUT2D eigenvalue weighted by Crippen LogP contribution is -2.34. The van der Waals surface area contributed by atoms with Gasteiger partial charge in [-0.1, -0.05) is 76.0 Å². The quantitative estimate of drug-likeness (QED) is 0.826. The summed E-state index contributed by atoms with van der Waals surface area (Å²) >= 11 is 0. The van der Waals surface area contributed by atoms with Gasteiger partial charge in [0.2, 0.25) is 17.6 Å². The Kier molecular flexibility index (Phi) is 5.98. The van der Waals surface area contributed by atoms with Gasteiger partial charge in [0.25, 0.3) is 0 Å². The first-order chi connectivity index (χ1) is 11.7. The topological polar surface area (TPSA) is 68.0 Å². The average Bonchev–Trinajstić information content (AvgIpc) is 3.00. The molecular formula is C20H29N3O2. The highest BCUT2D eigenvalue weighted by Gasteiger charge is 2.27. The zero-order valence-electron chi connectivity index (χ0n) is 16.1. The second kappa shape index (κ2) is 7.81. The number of aryl methyl sites for hydroxylation is 1. The Morgan fingerprint density at radius 3 is 2.44 bits per heavy atom. The van der Waals surface area contributed by atoms with Crippen molar-refractivity contribution in [1.82, 2.24) is 15.5 Å². The Morgan fingerprint density at radius 1 is 1.24 bits per heavy atom. The second-order valence-electron chi connectivity index (χ2n) is 7.99. The number of carbonyl (C=O) groups is 1. The molecule has 0 fully saturated rings. The average molecular weight is 343 g/mol. The Bertz CT molecular complexity index is 698. The third-order valence-corrected chi connectivity index (χ3v) is 4.24. The van der Waals surface area contributed by atoms with Gasteiger partial charge < -0.3 is 9.84 Å². The minimum Gasteiger partial charge on any atom is -0.344 e. The van der Waals surface area contributed by atoms with Crippen LogP contribution >= 0.6 is 0 Å². The van der Waals surface area contributed by atoms with Gasteiger partial charge in [0.1, 0.15) is 6.04 Å². The summed E-state index contributed by atoms with van der Waals surface area (Å²) in [5.74, 6) is 1.23. The van der Waals surface area contributed by atoms with E-state index in [9.17, 15) is 4.79 Å². The van der Waals surface area contributed by atoms with Gasteiger partial charge in [-0.05, 0) is 18.3 Å². The standard InChI is InChI=1S/C20H29N3O2/c1-7-14(3)17(21-16(24)12-20(4,5)6)19-22-18(23-25-19)15-10-8-13(2)9-11-15/h8-11,14,17H,7,12H2,1-6H3,(H,21,24)/t14-,17-/m1/s1. The molecule has 1 heterocycles. The number of rotatable bonds is 6. The van der Waals surface area contributed by atoms with E-state index in [1.54, 1.807) is 0 Å². The molecule has 2 rings (SSSR count). The van der Waals surface area contributed by atoms with E-state index in [1.165, 1.54) is 5.56 Å². The number of nitrogens with zero attached hydrogens (tertiary/aromatic N) is 2. The van der Waals surface area contributed by atoms with Gasteiger partial charge in [0.05, 0.1) is 0 Å². The van der Waals surface area contributed by atoms with Gasteiger partial charge in [-0.15, -0.1) is 0 Å². The van der Waals surface area contributed by atoms with Crippen molar-refractivity contribution in [3.8, 4) is 11.4 Å². The summed E-state index contributed by atoms with van der Waals surface area (Å²) in [4.78, 5) is 16.9. The molecule has 1 amide bonds. The van der Waals surface area contributed by atoms with E-state index in [1.807, 2.05) is 52.0 Å². The first kappa shape index (κ1) is 19.2. The van der Waals surface area contributed by atoms with Gasteiger partial charge in [-0.3, -0.25) is 4.79 Å². The van der Waals surface area contributed by atoms with Crippen molar-refractivity contribution in [2.45, 2.75) is 60.4 Å². The summed E-state index contributed by atoms with van der Waals surface area (Å²) in [5.41, 5.74) is 2.02. The molecule has 1 N–H and O–H groups in total. The molecule has 0 spiro atoms. The first-order valence-electron chi connectivity index (χ1n) is 8.89. The summed E-state index contributed by atoms with van der Waals surface area (Å²) in [6.07, 6.45) is 1.36. The number of aromatic nitrogens is 2. The van der Waals surface area contributed by atoms with Gasteiger partial charge in [0.15, 0.2) is 0 Å². The second-order valence-corrected chi connectivity index (χ2v) is 7.99. The number of hydrogen-bond acceptors (Lipinski definition) is 4. The Hall–Kier alpha value is -2.17. The molecule has 0 saturated heterocycles. The maximum atomic E-state index is 12.4. The molecule has 136 valence electrons. The summed E-state index contributed by atoms with van der Waals surface area (Å²) < 4.78 is 5.49. The molecule has 2 atom stereocenters. The molecule has 0 bridgehead atoms. The molecule has 0 radical (unpaired) electrons. The molecule has 0 aliphatic rings. The van der Waals surface area contributed by atoms with Crippen LogP contribution in [0.4, 0.5) is 0 Å². The van der Waals surface area contributed by atoms with Crippen LogP contribution in [0.2, 0.25) is 0 Å². The van der Waals surface area contributed by atoms with Crippen LogP contribution in [-0.4, -0.2) is 16.0 Å². The number of amides is 1. The zero-order chi connectivity index (χ0) is 18.6. The summed E-state index contributed by atoms with van der Waals surface area (Å²) in [5, 5.41) is 7.18. The highest BCUT2D eigenvalue weighted by atomic mass is 16.5. The van der Waals surface area contributed by atoms with Crippen LogP contribution in [0.25, 0.3) is 11.4 Å². The lowest BCUT2D eigenvalue weighted by atomic mass is 9.91. The van der Waals surface area contributed by atoms with E-state index in [0.29, 0.717) is 18.1 Å². The van der Waals surface area contributed by atoms with Crippen molar-refractivity contribution >= 4 is 5.91 Å². The van der Waals surface area contributed by atoms with E-state index in [2.05, 4.69) is 29.3 Å². The number of nitrogens with one attached hydrogen (secondary N) is 1. The highest BCUT2D eigenvalue weighted by Crippen LogP contribution is 2.27. The molecule has 1 aromatic heterocycles. The third-order valence-electron chi connectivity index (χ3n) is 4.24. The van der Waals surface area contributed by atoms with Crippen molar-refractivity contribution < 1.29 is 9.32 Å². The van der Waals surface area contributed by atoms with E-state index in [4.69, 9.17) is 4.52 Å². The first-order valence-corrected chi connectivity index (χ1v) is 8.89. The van der Waals surface area contributed by atoms with Crippen LogP contribution in [0.1, 0.15) is 65.0 Å². The fraction of sp³-hybridized carbons (Fsp3) is 0.550. The van der Waals surface area contributed by atoms with E-state index < -0.39 is 0 Å². The predicted octanol–water partition coefficient (Wildman–Crippen LogP) is 4.68. The zero-order valence-corrected chi connectivity index (χ0v) is 16.1. The van der Waals surface area contributed by atoms with Crippen LogP contribution in [0.3, 0.4) is 0 Å². The van der Waals surface area contributed by atoms with Gasteiger partial charge in [-0.25, -0.2) is 0 Å². The minimum atomic E-state index is -0.272. The molecule has 2 aromatic rings. The lowest BCUT2D eigenvalue weighted by Gasteiger charge is -2.23. The Balaban J connectivity index is 2.21. The smallest absolute Gasteiger partial charge is 0.249 e. The molecular weight excluding hydrogens is 314 g/mol. The normalized spacial score (nSPS) is 14.2. The SMILES string of the molecule is CC[C@@H](C)[C@@H](NC(=O)CC(C)(C)C)c1nc(-c2ccc(C)cc2)no1. The lowest BCUT2D eigenvalue weighted by molar-refractivity contribution is -0.124. The summed E-state index contributed by atoms with van der Waals surface area (Å²) in [6, 6.07) is 7.71. The van der Waals surface area contributed by atoms with Gasteiger partial charge >= 0.3 is 0 Å². The van der Waals surface area contributed by atoms with Crippen LogP contribution in [-0.2, 0) is 4.79 Å². The number of benzene rings is 1. The summed E-state index contributed by atoms with van der Waals surface area (Å²) in [7, 11) is 0. The fourth-order valence-corrected chi connectivity index (χ4v) is 2.57. The fourth-order valence-electron chi connectivity index (χ4n) is 2.57. The molecule has 0 aliphatic carbocycles. The van der Waals surface area contributed by atoms with Crippen LogP contribution in [0.15, 0.2) is 28.8 Å². The third kappa shape index (κ3) is 5.41. The maximum Gasteiger partial charge on any atom is 0.249 e. The van der Waals surface area contributed by atoms with Crippen molar-refractivity contribution in [3.05, 3.63) is 35.7 Å². The molecule has 0 unspecified atom stereocenters. The number of carbonyl (C=O) groups excluding carboxylic acids is 1. The molecule has 5 heteroatoms. The van der Waals surface area contributed by atoms with Crippen LogP contribution in [0, 0.1) is 18.3 Å². The monoisotopic (exact) mass is 343 g/mol. The van der Waals surface area contributed by atoms with Gasteiger partial charge in [0, 0.05) is 12.0 Å². The van der Waals surface area contributed by atoms with E-state index in [-0.39, 0.29) is 23.3 Å². The molecule has 25 heavy (non-hydrogen) atoms. The largest absolute Gasteiger partial charge is 0.344 e. The summed E-state index contributed by atoms with van der Waals surface area (Å²) in [6.45, 7) is 12.4. The van der Waals surface area contributed by atoms with Gasteiger partial charge in [-0.2, -0.15) is 4.98 Å². The molecule has 0 saturated carbocycles.